The highest BCUT2D eigenvalue weighted by Crippen LogP contribution is 2.19. The molecule has 25 heavy (non-hydrogen) atoms. The Kier molecular flexibility index (Phi) is 4.98. The van der Waals surface area contributed by atoms with E-state index in [4.69, 9.17) is 4.74 Å². The number of benzene rings is 2. The van der Waals surface area contributed by atoms with Gasteiger partial charge in [0.15, 0.2) is 6.61 Å². The molecule has 1 heterocycles. The van der Waals surface area contributed by atoms with Gasteiger partial charge in [-0.2, -0.15) is 0 Å². The Labute approximate surface area is 146 Å². The minimum absolute atomic E-state index is 0.165. The minimum atomic E-state index is -0.357. The SMILES string of the molecule is Cc1ccc(C)c(C(=O)COC(=O)CCc2c[nH]c3ccccc23)c1. The summed E-state index contributed by atoms with van der Waals surface area (Å²) in [6, 6.07) is 13.7. The number of esters is 1. The summed E-state index contributed by atoms with van der Waals surface area (Å²) in [4.78, 5) is 27.4. The monoisotopic (exact) mass is 335 g/mol. The first-order valence-corrected chi connectivity index (χ1v) is 8.35. The molecule has 0 radical (unpaired) electrons. The summed E-state index contributed by atoms with van der Waals surface area (Å²) in [5.74, 6) is -0.523. The van der Waals surface area contributed by atoms with Gasteiger partial charge in [0.1, 0.15) is 0 Å². The van der Waals surface area contributed by atoms with Gasteiger partial charge >= 0.3 is 5.97 Å². The Morgan fingerprint density at radius 1 is 1.08 bits per heavy atom. The molecule has 0 atom stereocenters. The standard InChI is InChI=1S/C21H21NO3/c1-14-7-8-15(2)18(11-14)20(23)13-25-21(24)10-9-16-12-22-19-6-4-3-5-17(16)19/h3-8,11-12,22H,9-10,13H2,1-2H3. The maximum atomic E-state index is 12.2. The van der Waals surface area contributed by atoms with E-state index in [1.54, 1.807) is 0 Å². The molecule has 3 rings (SSSR count). The molecule has 0 aliphatic rings. The molecule has 1 N–H and O–H groups in total. The first-order chi connectivity index (χ1) is 12.0. The van der Waals surface area contributed by atoms with E-state index in [-0.39, 0.29) is 24.8 Å². The normalized spacial score (nSPS) is 10.8. The molecule has 0 bridgehead atoms. The number of Topliss-reactive ketones (excluding diaryl/α,β-unsaturated/α-hetero) is 1. The molecule has 0 saturated heterocycles. The predicted octanol–water partition coefficient (Wildman–Crippen LogP) is 4.14. The number of carbonyl (C=O) groups excluding carboxylic acids is 2. The highest BCUT2D eigenvalue weighted by molar-refractivity contribution is 5.99. The summed E-state index contributed by atoms with van der Waals surface area (Å²) in [6.07, 6.45) is 2.75. The van der Waals surface area contributed by atoms with E-state index >= 15 is 0 Å². The zero-order valence-electron chi connectivity index (χ0n) is 14.5. The lowest BCUT2D eigenvalue weighted by atomic mass is 10.0. The maximum Gasteiger partial charge on any atom is 0.306 e. The van der Waals surface area contributed by atoms with Gasteiger partial charge in [0, 0.05) is 29.1 Å². The fourth-order valence-corrected chi connectivity index (χ4v) is 2.91. The summed E-state index contributed by atoms with van der Waals surface area (Å²) in [7, 11) is 0. The Balaban J connectivity index is 1.54. The number of hydrogen-bond donors (Lipinski definition) is 1. The average molecular weight is 335 g/mol. The molecule has 4 nitrogen and oxygen atoms in total. The molecule has 3 aromatic rings. The van der Waals surface area contributed by atoms with Gasteiger partial charge in [-0.3, -0.25) is 9.59 Å². The molecule has 0 fully saturated rings. The van der Waals surface area contributed by atoms with Crippen molar-refractivity contribution in [1.29, 1.82) is 0 Å². The van der Waals surface area contributed by atoms with Crippen LogP contribution in [0.2, 0.25) is 0 Å². The van der Waals surface area contributed by atoms with Crippen LogP contribution in [0.5, 0.6) is 0 Å². The molecule has 0 unspecified atom stereocenters. The van der Waals surface area contributed by atoms with Crippen LogP contribution in [0.25, 0.3) is 10.9 Å². The first-order valence-electron chi connectivity index (χ1n) is 8.35. The molecule has 0 amide bonds. The largest absolute Gasteiger partial charge is 0.457 e. The van der Waals surface area contributed by atoms with E-state index in [9.17, 15) is 9.59 Å². The van der Waals surface area contributed by atoms with Crippen LogP contribution in [0.1, 0.15) is 33.5 Å². The Bertz CT molecular complexity index is 924. The lowest BCUT2D eigenvalue weighted by Crippen LogP contribution is -2.15. The van der Waals surface area contributed by atoms with Gasteiger partial charge < -0.3 is 9.72 Å². The topological polar surface area (TPSA) is 59.2 Å². The maximum absolute atomic E-state index is 12.2. The third kappa shape index (κ3) is 3.97. The number of ether oxygens (including phenoxy) is 1. The van der Waals surface area contributed by atoms with Crippen LogP contribution in [-0.4, -0.2) is 23.3 Å². The van der Waals surface area contributed by atoms with Crippen LogP contribution in [-0.2, 0) is 16.0 Å². The van der Waals surface area contributed by atoms with Gasteiger partial charge in [-0.25, -0.2) is 0 Å². The van der Waals surface area contributed by atoms with E-state index in [1.165, 1.54) is 0 Å². The molecule has 0 aliphatic heterocycles. The predicted molar refractivity (Wildman–Crippen MR) is 97.8 cm³/mol. The number of H-pyrrole nitrogens is 1. The number of nitrogens with one attached hydrogen (secondary N) is 1. The molecular formula is C21H21NO3. The molecule has 4 heteroatoms. The fourth-order valence-electron chi connectivity index (χ4n) is 2.91. The molecular weight excluding hydrogens is 314 g/mol. The van der Waals surface area contributed by atoms with Gasteiger partial charge in [0.2, 0.25) is 5.78 Å². The van der Waals surface area contributed by atoms with Crippen LogP contribution in [0.15, 0.2) is 48.7 Å². The van der Waals surface area contributed by atoms with Gasteiger partial charge in [0.05, 0.1) is 0 Å². The Hall–Kier alpha value is -2.88. The number of rotatable bonds is 6. The van der Waals surface area contributed by atoms with Crippen molar-refractivity contribution in [1.82, 2.24) is 4.98 Å². The third-order valence-corrected chi connectivity index (χ3v) is 4.33. The van der Waals surface area contributed by atoms with Gasteiger partial charge in [-0.05, 0) is 43.5 Å². The third-order valence-electron chi connectivity index (χ3n) is 4.33. The first kappa shape index (κ1) is 17.0. The molecule has 1 aromatic heterocycles. The van der Waals surface area contributed by atoms with E-state index in [0.717, 1.165) is 27.6 Å². The molecule has 0 spiro atoms. The summed E-state index contributed by atoms with van der Waals surface area (Å²) < 4.78 is 5.16. The number of fused-ring (bicyclic) bond motifs is 1. The van der Waals surface area contributed by atoms with Crippen molar-refractivity contribution in [3.05, 3.63) is 70.9 Å². The summed E-state index contributed by atoms with van der Waals surface area (Å²) >= 11 is 0. The number of aromatic amines is 1. The highest BCUT2D eigenvalue weighted by atomic mass is 16.5. The summed E-state index contributed by atoms with van der Waals surface area (Å²) in [5.41, 5.74) is 4.65. The smallest absolute Gasteiger partial charge is 0.306 e. The number of aromatic nitrogens is 1. The lowest BCUT2D eigenvalue weighted by Gasteiger charge is -2.07. The number of carbonyl (C=O) groups is 2. The second kappa shape index (κ2) is 7.34. The van der Waals surface area contributed by atoms with Crippen molar-refractivity contribution in [3.8, 4) is 0 Å². The van der Waals surface area contributed by atoms with E-state index in [0.29, 0.717) is 12.0 Å². The molecule has 2 aromatic carbocycles. The van der Waals surface area contributed by atoms with Crippen molar-refractivity contribution >= 4 is 22.7 Å². The van der Waals surface area contributed by atoms with Crippen LogP contribution >= 0.6 is 0 Å². The van der Waals surface area contributed by atoms with Crippen molar-refractivity contribution in [2.75, 3.05) is 6.61 Å². The Morgan fingerprint density at radius 2 is 1.88 bits per heavy atom. The van der Waals surface area contributed by atoms with Crippen LogP contribution in [0, 0.1) is 13.8 Å². The molecule has 0 saturated carbocycles. The van der Waals surface area contributed by atoms with Gasteiger partial charge in [0.25, 0.3) is 0 Å². The van der Waals surface area contributed by atoms with E-state index in [2.05, 4.69) is 4.98 Å². The molecule has 0 aliphatic carbocycles. The quantitative estimate of drug-likeness (QED) is 0.544. The van der Waals surface area contributed by atoms with Crippen LogP contribution in [0.4, 0.5) is 0 Å². The number of ketones is 1. The van der Waals surface area contributed by atoms with Crippen molar-refractivity contribution in [2.45, 2.75) is 26.7 Å². The zero-order chi connectivity index (χ0) is 17.8. The van der Waals surface area contributed by atoms with Gasteiger partial charge in [-0.1, -0.05) is 35.9 Å². The van der Waals surface area contributed by atoms with Gasteiger partial charge in [-0.15, -0.1) is 0 Å². The summed E-state index contributed by atoms with van der Waals surface area (Å²) in [6.45, 7) is 3.60. The van der Waals surface area contributed by atoms with Crippen molar-refractivity contribution in [3.63, 3.8) is 0 Å². The highest BCUT2D eigenvalue weighted by Gasteiger charge is 2.13. The van der Waals surface area contributed by atoms with Crippen LogP contribution in [0.3, 0.4) is 0 Å². The second-order valence-electron chi connectivity index (χ2n) is 6.26. The number of para-hydroxylation sites is 1. The average Bonchev–Trinajstić information content (AvgIpc) is 3.03. The second-order valence-corrected chi connectivity index (χ2v) is 6.26. The minimum Gasteiger partial charge on any atom is -0.457 e. The fraction of sp³-hybridized carbons (Fsp3) is 0.238. The lowest BCUT2D eigenvalue weighted by molar-refractivity contribution is -0.142. The molecule has 128 valence electrons. The zero-order valence-corrected chi connectivity index (χ0v) is 14.5. The number of hydrogen-bond acceptors (Lipinski definition) is 3. The van der Waals surface area contributed by atoms with E-state index < -0.39 is 0 Å². The van der Waals surface area contributed by atoms with E-state index in [1.807, 2.05) is 62.5 Å². The van der Waals surface area contributed by atoms with Crippen molar-refractivity contribution in [2.24, 2.45) is 0 Å². The summed E-state index contributed by atoms with van der Waals surface area (Å²) in [5, 5.41) is 1.11. The van der Waals surface area contributed by atoms with Crippen LogP contribution < -0.4 is 0 Å². The van der Waals surface area contributed by atoms with Crippen molar-refractivity contribution < 1.29 is 14.3 Å². The Morgan fingerprint density at radius 3 is 2.72 bits per heavy atom. The number of aryl methyl sites for hydroxylation is 3.